The van der Waals surface area contributed by atoms with Crippen molar-refractivity contribution in [2.24, 2.45) is 10.9 Å². The molecule has 0 aromatic heterocycles. The maximum Gasteiger partial charge on any atom is 0.372 e. The zero-order valence-electron chi connectivity index (χ0n) is 14.7. The molecular weight excluding hydrogens is 340 g/mol. The van der Waals surface area contributed by atoms with Gasteiger partial charge < -0.3 is 29.5 Å². The molecule has 2 N–H and O–H groups in total. The highest BCUT2D eigenvalue weighted by molar-refractivity contribution is 5.98. The second-order valence-corrected chi connectivity index (χ2v) is 4.95. The molecule has 0 aliphatic carbocycles. The minimum absolute atomic E-state index is 0.0107. The molecule has 2 aromatic rings. The molecule has 26 heavy (non-hydrogen) atoms. The zero-order valence-corrected chi connectivity index (χ0v) is 14.7. The molecule has 0 aliphatic rings. The largest absolute Gasteiger partial charge is 0.493 e. The number of nitrogens with two attached hydrogens (primary N) is 1. The van der Waals surface area contributed by atoms with Gasteiger partial charge in [0.15, 0.2) is 35.4 Å². The van der Waals surface area contributed by atoms with E-state index < -0.39 is 5.97 Å². The van der Waals surface area contributed by atoms with E-state index in [1.165, 1.54) is 21.3 Å². The highest BCUT2D eigenvalue weighted by atomic mass is 16.7. The third kappa shape index (κ3) is 4.79. The van der Waals surface area contributed by atoms with Crippen LogP contribution in [0.2, 0.25) is 0 Å². The number of para-hydroxylation sites is 2. The average molecular weight is 360 g/mol. The topological polar surface area (TPSA) is 102 Å². The third-order valence-corrected chi connectivity index (χ3v) is 3.34. The normalized spacial score (nSPS) is 10.8. The fourth-order valence-electron chi connectivity index (χ4n) is 2.05. The lowest BCUT2D eigenvalue weighted by molar-refractivity contribution is -0.146. The molecule has 0 atom stereocenters. The first kappa shape index (κ1) is 18.9. The number of benzene rings is 2. The van der Waals surface area contributed by atoms with Crippen LogP contribution in [0.1, 0.15) is 5.56 Å². The van der Waals surface area contributed by atoms with E-state index in [1.807, 2.05) is 0 Å². The molecule has 2 rings (SSSR count). The summed E-state index contributed by atoms with van der Waals surface area (Å²) in [5.41, 5.74) is 6.34. The lowest BCUT2D eigenvalue weighted by Gasteiger charge is -2.09. The van der Waals surface area contributed by atoms with E-state index in [2.05, 4.69) is 5.16 Å². The molecule has 0 amide bonds. The molecular formula is C18H20N2O6. The number of carbonyl (C=O) groups excluding carboxylic acids is 1. The van der Waals surface area contributed by atoms with E-state index in [1.54, 1.807) is 42.5 Å². The first-order chi connectivity index (χ1) is 12.6. The standard InChI is InChI=1S/C18H20N2O6/c1-22-13-6-4-5-7-15(13)25-11-17(21)26-20-18(19)12-8-9-14(23-2)16(10-12)24-3/h4-10H,11H2,1-3H3,(H2,19,20). The molecule has 0 bridgehead atoms. The van der Waals surface area contributed by atoms with E-state index in [0.717, 1.165) is 0 Å². The Bertz CT molecular complexity index is 791. The number of methoxy groups -OCH3 is 3. The second kappa shape index (κ2) is 9.16. The van der Waals surface area contributed by atoms with Gasteiger partial charge in [0.25, 0.3) is 0 Å². The van der Waals surface area contributed by atoms with Gasteiger partial charge in [0.1, 0.15) is 0 Å². The quantitative estimate of drug-likeness (QED) is 0.332. The molecule has 0 saturated carbocycles. The molecule has 0 radical (unpaired) electrons. The third-order valence-electron chi connectivity index (χ3n) is 3.34. The van der Waals surface area contributed by atoms with Gasteiger partial charge in [-0.3, -0.25) is 0 Å². The van der Waals surface area contributed by atoms with Crippen LogP contribution in [0.5, 0.6) is 23.0 Å². The Morgan fingerprint density at radius 3 is 2.19 bits per heavy atom. The Labute approximate surface area is 151 Å². The van der Waals surface area contributed by atoms with Gasteiger partial charge in [-0.05, 0) is 30.3 Å². The predicted octanol–water partition coefficient (Wildman–Crippen LogP) is 1.95. The summed E-state index contributed by atoms with van der Waals surface area (Å²) in [5.74, 6) is 1.26. The Hall–Kier alpha value is -3.42. The molecule has 0 spiro atoms. The zero-order chi connectivity index (χ0) is 18.9. The van der Waals surface area contributed by atoms with Gasteiger partial charge in [0.2, 0.25) is 0 Å². The summed E-state index contributed by atoms with van der Waals surface area (Å²) < 4.78 is 20.8. The maximum absolute atomic E-state index is 11.8. The lowest BCUT2D eigenvalue weighted by Crippen LogP contribution is -2.18. The molecule has 0 aliphatic heterocycles. The molecule has 0 heterocycles. The van der Waals surface area contributed by atoms with Crippen LogP contribution >= 0.6 is 0 Å². The van der Waals surface area contributed by atoms with E-state index in [0.29, 0.717) is 28.6 Å². The molecule has 138 valence electrons. The molecule has 8 nitrogen and oxygen atoms in total. The van der Waals surface area contributed by atoms with Gasteiger partial charge >= 0.3 is 5.97 Å². The second-order valence-electron chi connectivity index (χ2n) is 4.95. The molecule has 0 unspecified atom stereocenters. The van der Waals surface area contributed by atoms with Crippen LogP contribution in [-0.4, -0.2) is 39.7 Å². The number of nitrogens with zero attached hydrogens (tertiary/aromatic N) is 1. The summed E-state index contributed by atoms with van der Waals surface area (Å²) >= 11 is 0. The lowest BCUT2D eigenvalue weighted by atomic mass is 10.2. The summed E-state index contributed by atoms with van der Waals surface area (Å²) in [7, 11) is 4.54. The van der Waals surface area contributed by atoms with Crippen LogP contribution in [0.15, 0.2) is 47.6 Å². The van der Waals surface area contributed by atoms with Crippen LogP contribution in [0.4, 0.5) is 0 Å². The Balaban J connectivity index is 1.96. The van der Waals surface area contributed by atoms with Crippen LogP contribution in [-0.2, 0) is 9.63 Å². The number of ether oxygens (including phenoxy) is 4. The SMILES string of the molecule is COc1ccc(C(N)=NOC(=O)COc2ccccc2OC)cc1OC. The van der Waals surface area contributed by atoms with Gasteiger partial charge in [-0.2, -0.15) is 0 Å². The van der Waals surface area contributed by atoms with Gasteiger partial charge in [-0.1, -0.05) is 17.3 Å². The fourth-order valence-corrected chi connectivity index (χ4v) is 2.05. The van der Waals surface area contributed by atoms with Gasteiger partial charge in [-0.15, -0.1) is 0 Å². The van der Waals surface area contributed by atoms with Crippen molar-refractivity contribution in [2.75, 3.05) is 27.9 Å². The number of hydrogen-bond donors (Lipinski definition) is 1. The van der Waals surface area contributed by atoms with E-state index >= 15 is 0 Å². The summed E-state index contributed by atoms with van der Waals surface area (Å²) in [6.45, 7) is -0.344. The summed E-state index contributed by atoms with van der Waals surface area (Å²) in [5, 5.41) is 3.62. The highest BCUT2D eigenvalue weighted by Gasteiger charge is 2.10. The predicted molar refractivity (Wildman–Crippen MR) is 94.9 cm³/mol. The molecule has 0 fully saturated rings. The minimum Gasteiger partial charge on any atom is -0.493 e. The van der Waals surface area contributed by atoms with Crippen molar-refractivity contribution in [1.82, 2.24) is 0 Å². The fraction of sp³-hybridized carbons (Fsp3) is 0.222. The van der Waals surface area contributed by atoms with E-state index in [4.69, 9.17) is 29.5 Å². The minimum atomic E-state index is -0.709. The van der Waals surface area contributed by atoms with Crippen molar-refractivity contribution < 1.29 is 28.6 Å². The first-order valence-corrected chi connectivity index (χ1v) is 7.60. The Morgan fingerprint density at radius 2 is 1.54 bits per heavy atom. The van der Waals surface area contributed by atoms with Crippen molar-refractivity contribution in [2.45, 2.75) is 0 Å². The van der Waals surface area contributed by atoms with E-state index in [-0.39, 0.29) is 12.4 Å². The van der Waals surface area contributed by atoms with Crippen LogP contribution < -0.4 is 24.7 Å². The molecule has 0 saturated heterocycles. The van der Waals surface area contributed by atoms with Gasteiger partial charge in [0.05, 0.1) is 21.3 Å². The van der Waals surface area contributed by atoms with Crippen molar-refractivity contribution in [3.8, 4) is 23.0 Å². The van der Waals surface area contributed by atoms with Gasteiger partial charge in [0, 0.05) is 5.56 Å². The molecule has 2 aromatic carbocycles. The van der Waals surface area contributed by atoms with Crippen molar-refractivity contribution >= 4 is 11.8 Å². The van der Waals surface area contributed by atoms with Crippen LogP contribution in [0.25, 0.3) is 0 Å². The summed E-state index contributed by atoms with van der Waals surface area (Å²) in [4.78, 5) is 16.5. The highest BCUT2D eigenvalue weighted by Crippen LogP contribution is 2.27. The van der Waals surface area contributed by atoms with E-state index in [9.17, 15) is 4.79 Å². The summed E-state index contributed by atoms with van der Waals surface area (Å²) in [6, 6.07) is 11.9. The smallest absolute Gasteiger partial charge is 0.372 e. The number of carbonyl (C=O) groups is 1. The number of oxime groups is 1. The monoisotopic (exact) mass is 360 g/mol. The van der Waals surface area contributed by atoms with Crippen molar-refractivity contribution in [1.29, 1.82) is 0 Å². The Kier molecular flexibility index (Phi) is 6.67. The maximum atomic E-state index is 11.8. The van der Waals surface area contributed by atoms with Crippen LogP contribution in [0.3, 0.4) is 0 Å². The summed E-state index contributed by atoms with van der Waals surface area (Å²) in [6.07, 6.45) is 0. The van der Waals surface area contributed by atoms with Gasteiger partial charge in [-0.25, -0.2) is 4.79 Å². The number of rotatable bonds is 8. The first-order valence-electron chi connectivity index (χ1n) is 7.60. The van der Waals surface area contributed by atoms with Crippen LogP contribution in [0, 0.1) is 0 Å². The number of hydrogen-bond acceptors (Lipinski definition) is 7. The molecule has 8 heteroatoms. The average Bonchev–Trinajstić information content (AvgIpc) is 2.69. The Morgan fingerprint density at radius 1 is 0.923 bits per heavy atom. The van der Waals surface area contributed by atoms with Crippen molar-refractivity contribution in [3.05, 3.63) is 48.0 Å². The number of amidine groups is 1. The van der Waals surface area contributed by atoms with Crippen molar-refractivity contribution in [3.63, 3.8) is 0 Å².